The molecule has 0 spiro atoms. The van der Waals surface area contributed by atoms with Crippen molar-refractivity contribution in [2.75, 3.05) is 4.90 Å². The van der Waals surface area contributed by atoms with E-state index in [-0.39, 0.29) is 10.8 Å². The molecule has 1 nitrogen and oxygen atoms in total. The second-order valence-electron chi connectivity index (χ2n) is 16.8. The minimum absolute atomic E-state index is 0.0410. The normalized spacial score (nSPS) is 15.4. The molecule has 278 valence electrons. The van der Waals surface area contributed by atoms with Crippen LogP contribution in [0.4, 0.5) is 17.1 Å². The second kappa shape index (κ2) is 14.4. The van der Waals surface area contributed by atoms with Crippen LogP contribution in [-0.4, -0.2) is 0 Å². The lowest BCUT2D eigenvalue weighted by atomic mass is 9.69. The van der Waals surface area contributed by atoms with Gasteiger partial charge in [0, 0.05) is 27.9 Å². The molecule has 8 aromatic carbocycles. The van der Waals surface area contributed by atoms with Gasteiger partial charge in [-0.05, 0) is 122 Å². The molecule has 1 heteroatoms. The average molecular weight is 736 g/mol. The Morgan fingerprint density at radius 3 is 1.70 bits per heavy atom. The molecule has 0 saturated heterocycles. The number of hydrogen-bond acceptors (Lipinski definition) is 1. The molecule has 0 unspecified atom stereocenters. The van der Waals surface area contributed by atoms with Gasteiger partial charge in [-0.15, -0.1) is 0 Å². The van der Waals surface area contributed by atoms with Crippen LogP contribution in [0.5, 0.6) is 0 Å². The molecule has 2 aliphatic rings. The molecular weight excluding hydrogens is 687 g/mol. The molecule has 0 aromatic heterocycles. The van der Waals surface area contributed by atoms with Crippen molar-refractivity contribution in [1.82, 2.24) is 0 Å². The molecule has 2 aliphatic carbocycles. The number of fused-ring (bicyclic) bond motifs is 4. The SMILES string of the molecule is CC1(C)c2ccc(N(c3ccc(-c4ccc5ccccc5c4)cc3)c3ccc(C4(c5ccccc5)CCCCCC4)cc3)cc2-c2c(-c3ccccc3)cccc21. The zero-order valence-corrected chi connectivity index (χ0v) is 33.1. The highest BCUT2D eigenvalue weighted by molar-refractivity contribution is 5.95. The first-order chi connectivity index (χ1) is 28.0. The Bertz CT molecular complexity index is 2680. The molecule has 10 rings (SSSR count). The van der Waals surface area contributed by atoms with E-state index in [1.54, 1.807) is 0 Å². The van der Waals surface area contributed by atoms with Gasteiger partial charge in [-0.1, -0.05) is 185 Å². The zero-order chi connectivity index (χ0) is 38.4. The number of hydrogen-bond donors (Lipinski definition) is 0. The van der Waals surface area contributed by atoms with Crippen molar-refractivity contribution in [3.05, 3.63) is 210 Å². The van der Waals surface area contributed by atoms with Crippen molar-refractivity contribution in [3.63, 3.8) is 0 Å². The van der Waals surface area contributed by atoms with Gasteiger partial charge in [0.2, 0.25) is 0 Å². The van der Waals surface area contributed by atoms with Gasteiger partial charge in [-0.25, -0.2) is 0 Å². The van der Waals surface area contributed by atoms with Crippen molar-refractivity contribution in [2.24, 2.45) is 0 Å². The van der Waals surface area contributed by atoms with E-state index in [1.807, 2.05) is 0 Å². The molecule has 0 N–H and O–H groups in total. The summed E-state index contributed by atoms with van der Waals surface area (Å²) in [5, 5.41) is 2.53. The van der Waals surface area contributed by atoms with E-state index in [9.17, 15) is 0 Å². The summed E-state index contributed by atoms with van der Waals surface area (Å²) in [6, 6.07) is 70.4. The van der Waals surface area contributed by atoms with Crippen LogP contribution in [0, 0.1) is 0 Å². The van der Waals surface area contributed by atoms with Crippen LogP contribution in [0.15, 0.2) is 188 Å². The molecule has 0 radical (unpaired) electrons. The van der Waals surface area contributed by atoms with E-state index in [0.717, 1.165) is 5.69 Å². The largest absolute Gasteiger partial charge is 0.310 e. The topological polar surface area (TPSA) is 3.24 Å². The van der Waals surface area contributed by atoms with Crippen LogP contribution >= 0.6 is 0 Å². The Hall–Kier alpha value is -6.18. The summed E-state index contributed by atoms with van der Waals surface area (Å²) in [7, 11) is 0. The lowest BCUT2D eigenvalue weighted by molar-refractivity contribution is 0.446. The maximum absolute atomic E-state index is 2.46. The summed E-state index contributed by atoms with van der Waals surface area (Å²) in [6.07, 6.45) is 7.56. The second-order valence-corrected chi connectivity index (χ2v) is 16.8. The molecule has 8 aromatic rings. The van der Waals surface area contributed by atoms with Crippen LogP contribution in [0.2, 0.25) is 0 Å². The Kier molecular flexibility index (Phi) is 8.90. The molecule has 0 atom stereocenters. The smallest absolute Gasteiger partial charge is 0.0468 e. The van der Waals surface area contributed by atoms with Gasteiger partial charge in [-0.3, -0.25) is 0 Å². The van der Waals surface area contributed by atoms with E-state index >= 15 is 0 Å². The minimum atomic E-state index is -0.105. The Labute approximate surface area is 338 Å². The Morgan fingerprint density at radius 1 is 0.386 bits per heavy atom. The molecule has 0 heterocycles. The van der Waals surface area contributed by atoms with Crippen LogP contribution in [-0.2, 0) is 10.8 Å². The lowest BCUT2D eigenvalue weighted by Crippen LogP contribution is -2.27. The fourth-order valence-electron chi connectivity index (χ4n) is 10.2. The first kappa shape index (κ1) is 35.2. The van der Waals surface area contributed by atoms with Gasteiger partial charge < -0.3 is 4.90 Å². The molecule has 1 fully saturated rings. The van der Waals surface area contributed by atoms with E-state index in [1.165, 1.54) is 116 Å². The maximum atomic E-state index is 2.46. The summed E-state index contributed by atoms with van der Waals surface area (Å²) in [5.41, 5.74) is 16.7. The highest BCUT2D eigenvalue weighted by Crippen LogP contribution is 2.54. The molecule has 0 aliphatic heterocycles. The third kappa shape index (κ3) is 6.18. The molecular formula is C56H49N. The van der Waals surface area contributed by atoms with E-state index in [4.69, 9.17) is 0 Å². The van der Waals surface area contributed by atoms with Crippen molar-refractivity contribution < 1.29 is 0 Å². The van der Waals surface area contributed by atoms with Crippen molar-refractivity contribution in [1.29, 1.82) is 0 Å². The van der Waals surface area contributed by atoms with Gasteiger partial charge >= 0.3 is 0 Å². The van der Waals surface area contributed by atoms with E-state index in [2.05, 4.69) is 207 Å². The number of anilines is 3. The average Bonchev–Trinajstić information content (AvgIpc) is 3.39. The molecule has 57 heavy (non-hydrogen) atoms. The molecule has 0 bridgehead atoms. The highest BCUT2D eigenvalue weighted by atomic mass is 15.1. The van der Waals surface area contributed by atoms with Crippen LogP contribution in [0.3, 0.4) is 0 Å². The van der Waals surface area contributed by atoms with Crippen molar-refractivity contribution in [3.8, 4) is 33.4 Å². The summed E-state index contributed by atoms with van der Waals surface area (Å²) in [5.74, 6) is 0. The van der Waals surface area contributed by atoms with Gasteiger partial charge in [0.25, 0.3) is 0 Å². The third-order valence-electron chi connectivity index (χ3n) is 13.2. The zero-order valence-electron chi connectivity index (χ0n) is 33.1. The Morgan fingerprint density at radius 2 is 0.982 bits per heavy atom. The molecule has 1 saturated carbocycles. The maximum Gasteiger partial charge on any atom is 0.0468 e. The summed E-state index contributed by atoms with van der Waals surface area (Å²) < 4.78 is 0. The Balaban J connectivity index is 1.11. The summed E-state index contributed by atoms with van der Waals surface area (Å²) >= 11 is 0. The predicted octanol–water partition coefficient (Wildman–Crippen LogP) is 15.6. The van der Waals surface area contributed by atoms with E-state index < -0.39 is 0 Å². The van der Waals surface area contributed by atoms with Gasteiger partial charge in [0.1, 0.15) is 0 Å². The van der Waals surface area contributed by atoms with Crippen molar-refractivity contribution >= 4 is 27.8 Å². The fraction of sp³-hybridized carbons (Fsp3) is 0.179. The predicted molar refractivity (Wildman–Crippen MR) is 242 cm³/mol. The quantitative estimate of drug-likeness (QED) is 0.147. The third-order valence-corrected chi connectivity index (χ3v) is 13.2. The summed E-state index contributed by atoms with van der Waals surface area (Å²) in [6.45, 7) is 4.76. The lowest BCUT2D eigenvalue weighted by Gasteiger charge is -2.35. The monoisotopic (exact) mass is 735 g/mol. The number of benzene rings is 8. The van der Waals surface area contributed by atoms with Crippen LogP contribution in [0.25, 0.3) is 44.2 Å². The minimum Gasteiger partial charge on any atom is -0.310 e. The van der Waals surface area contributed by atoms with Crippen molar-refractivity contribution in [2.45, 2.75) is 63.2 Å². The van der Waals surface area contributed by atoms with Crippen LogP contribution < -0.4 is 4.90 Å². The standard InChI is InChI=1S/C56H49N/c1-55(2)52-35-34-49(39-51(52)54-50(22-15-23-53(54)55)42-17-7-5-8-18-42)57(47-30-26-41(27-31-47)44-25-24-40-16-11-12-19-43(40)38-44)48-32-28-46(29-33-48)56(36-13-3-4-14-37-56)45-20-9-6-10-21-45/h5-12,15-35,38-39H,3-4,13-14,36-37H2,1-2H3. The van der Waals surface area contributed by atoms with Gasteiger partial charge in [-0.2, -0.15) is 0 Å². The highest BCUT2D eigenvalue weighted by Gasteiger charge is 2.38. The summed E-state index contributed by atoms with van der Waals surface area (Å²) in [4.78, 5) is 2.46. The number of rotatable bonds is 7. The number of nitrogens with zero attached hydrogens (tertiary/aromatic N) is 1. The van der Waals surface area contributed by atoms with Gasteiger partial charge in [0.15, 0.2) is 0 Å². The van der Waals surface area contributed by atoms with Gasteiger partial charge in [0.05, 0.1) is 0 Å². The first-order valence-electron chi connectivity index (χ1n) is 20.9. The first-order valence-corrected chi connectivity index (χ1v) is 20.9. The molecule has 0 amide bonds. The fourth-order valence-corrected chi connectivity index (χ4v) is 10.2. The van der Waals surface area contributed by atoms with E-state index in [0.29, 0.717) is 0 Å². The van der Waals surface area contributed by atoms with Crippen LogP contribution in [0.1, 0.15) is 74.6 Å².